The van der Waals surface area contributed by atoms with Crippen LogP contribution < -0.4 is 19.5 Å². The summed E-state index contributed by atoms with van der Waals surface area (Å²) >= 11 is 0. The van der Waals surface area contributed by atoms with Crippen LogP contribution in [0.4, 0.5) is 17.1 Å². The molecule has 0 bridgehead atoms. The standard InChI is InChI=1S/C25H20N4O8/c1-3-36-24-13-16(12-17(15-26)25(30)27-18-5-8-20(35-2)9-6-18)4-10-23(24)37-22-11-7-19(28(31)32)14-21(22)29(33)34/h4-14H,3H2,1-2H3,(H,27,30)/b17-12+. The molecule has 3 aromatic rings. The van der Waals surface area contributed by atoms with Crippen LogP contribution in [-0.2, 0) is 4.79 Å². The molecule has 12 heteroatoms. The lowest BCUT2D eigenvalue weighted by Crippen LogP contribution is -2.13. The van der Waals surface area contributed by atoms with E-state index in [0.29, 0.717) is 17.0 Å². The Kier molecular flexibility index (Phi) is 8.35. The van der Waals surface area contributed by atoms with Gasteiger partial charge in [-0.1, -0.05) is 6.07 Å². The number of nitrogens with zero attached hydrogens (tertiary/aromatic N) is 3. The highest BCUT2D eigenvalue weighted by atomic mass is 16.6. The summed E-state index contributed by atoms with van der Waals surface area (Å²) in [6, 6.07) is 15.9. The molecule has 188 valence electrons. The minimum Gasteiger partial charge on any atom is -0.497 e. The first kappa shape index (κ1) is 26.2. The lowest BCUT2D eigenvalue weighted by atomic mass is 10.1. The second-order valence-electron chi connectivity index (χ2n) is 7.26. The molecule has 0 aromatic heterocycles. The van der Waals surface area contributed by atoms with Gasteiger partial charge in [-0.05, 0) is 61.0 Å². The fourth-order valence-corrected chi connectivity index (χ4v) is 3.12. The van der Waals surface area contributed by atoms with E-state index in [1.807, 2.05) is 6.07 Å². The summed E-state index contributed by atoms with van der Waals surface area (Å²) < 4.78 is 16.3. The third-order valence-electron chi connectivity index (χ3n) is 4.86. The topological polar surface area (TPSA) is 167 Å². The van der Waals surface area contributed by atoms with Crippen molar-refractivity contribution in [1.82, 2.24) is 0 Å². The number of methoxy groups -OCH3 is 1. The van der Waals surface area contributed by atoms with Crippen molar-refractivity contribution < 1.29 is 28.9 Å². The Morgan fingerprint density at radius 2 is 1.70 bits per heavy atom. The molecule has 0 aliphatic rings. The van der Waals surface area contributed by atoms with E-state index >= 15 is 0 Å². The number of rotatable bonds is 10. The van der Waals surface area contributed by atoms with Crippen LogP contribution in [0.5, 0.6) is 23.0 Å². The number of hydrogen-bond donors (Lipinski definition) is 1. The molecule has 0 radical (unpaired) electrons. The highest BCUT2D eigenvalue weighted by Crippen LogP contribution is 2.38. The number of nitrogens with one attached hydrogen (secondary N) is 1. The number of ether oxygens (including phenoxy) is 3. The largest absolute Gasteiger partial charge is 0.497 e. The molecular formula is C25H20N4O8. The molecule has 12 nitrogen and oxygen atoms in total. The number of carbonyl (C=O) groups is 1. The minimum absolute atomic E-state index is 0.0946. The van der Waals surface area contributed by atoms with E-state index in [4.69, 9.17) is 14.2 Å². The van der Waals surface area contributed by atoms with E-state index in [1.165, 1.54) is 31.4 Å². The molecule has 0 unspecified atom stereocenters. The van der Waals surface area contributed by atoms with Gasteiger partial charge in [0.1, 0.15) is 17.4 Å². The Morgan fingerprint density at radius 3 is 2.30 bits per heavy atom. The Hall–Kier alpha value is -5.44. The SMILES string of the molecule is CCOc1cc(/C=C(\C#N)C(=O)Nc2ccc(OC)cc2)ccc1Oc1ccc([N+](=O)[O-])cc1[N+](=O)[O-]. The van der Waals surface area contributed by atoms with Crippen molar-refractivity contribution in [2.45, 2.75) is 6.92 Å². The summed E-state index contributed by atoms with van der Waals surface area (Å²) in [5.41, 5.74) is -0.340. The molecule has 0 saturated carbocycles. The first-order valence-electron chi connectivity index (χ1n) is 10.7. The predicted molar refractivity (Wildman–Crippen MR) is 133 cm³/mol. The predicted octanol–water partition coefficient (Wildman–Crippen LogP) is 5.25. The van der Waals surface area contributed by atoms with Crippen LogP contribution in [0.1, 0.15) is 12.5 Å². The minimum atomic E-state index is -0.791. The lowest BCUT2D eigenvalue weighted by molar-refractivity contribution is -0.394. The van der Waals surface area contributed by atoms with Gasteiger partial charge in [0.25, 0.3) is 11.6 Å². The van der Waals surface area contributed by atoms with Gasteiger partial charge in [-0.25, -0.2) is 0 Å². The maximum atomic E-state index is 12.6. The number of benzene rings is 3. The van der Waals surface area contributed by atoms with Crippen LogP contribution in [0, 0.1) is 31.6 Å². The summed E-state index contributed by atoms with van der Waals surface area (Å²) in [6.45, 7) is 1.93. The van der Waals surface area contributed by atoms with E-state index in [9.17, 15) is 30.3 Å². The number of amides is 1. The molecule has 0 saturated heterocycles. The number of nitro groups is 2. The lowest BCUT2D eigenvalue weighted by Gasteiger charge is -2.12. The zero-order valence-electron chi connectivity index (χ0n) is 19.7. The summed E-state index contributed by atoms with van der Waals surface area (Å²) in [5, 5.41) is 34.5. The highest BCUT2D eigenvalue weighted by Gasteiger charge is 2.22. The van der Waals surface area contributed by atoms with E-state index in [-0.39, 0.29) is 29.4 Å². The number of carbonyl (C=O) groups excluding carboxylic acids is 1. The van der Waals surface area contributed by atoms with Gasteiger partial charge < -0.3 is 19.5 Å². The fourth-order valence-electron chi connectivity index (χ4n) is 3.12. The van der Waals surface area contributed by atoms with Crippen molar-refractivity contribution in [2.75, 3.05) is 19.0 Å². The first-order chi connectivity index (χ1) is 17.7. The van der Waals surface area contributed by atoms with Gasteiger partial charge >= 0.3 is 5.69 Å². The number of non-ortho nitro benzene ring substituents is 1. The van der Waals surface area contributed by atoms with E-state index in [2.05, 4.69) is 5.32 Å². The molecule has 3 rings (SSSR count). The smallest absolute Gasteiger partial charge is 0.318 e. The van der Waals surface area contributed by atoms with Gasteiger partial charge in [-0.3, -0.25) is 25.0 Å². The number of hydrogen-bond acceptors (Lipinski definition) is 9. The van der Waals surface area contributed by atoms with Crippen LogP contribution in [-0.4, -0.2) is 29.5 Å². The molecule has 0 aliphatic heterocycles. The van der Waals surface area contributed by atoms with E-state index < -0.39 is 27.1 Å². The number of nitriles is 1. The maximum absolute atomic E-state index is 12.6. The van der Waals surface area contributed by atoms with E-state index in [1.54, 1.807) is 31.2 Å². The summed E-state index contributed by atoms with van der Waals surface area (Å²) in [6.07, 6.45) is 1.35. The number of nitro benzene ring substituents is 2. The Balaban J connectivity index is 1.89. The summed E-state index contributed by atoms with van der Waals surface area (Å²) in [7, 11) is 1.52. The van der Waals surface area contributed by atoms with Gasteiger partial charge in [0.2, 0.25) is 5.75 Å². The second kappa shape index (κ2) is 11.8. The number of anilines is 1. The second-order valence-corrected chi connectivity index (χ2v) is 7.26. The van der Waals surface area contributed by atoms with Crippen LogP contribution in [0.3, 0.4) is 0 Å². The van der Waals surface area contributed by atoms with Crippen molar-refractivity contribution in [3.8, 4) is 29.1 Å². The van der Waals surface area contributed by atoms with Crippen LogP contribution >= 0.6 is 0 Å². The molecular weight excluding hydrogens is 484 g/mol. The normalized spacial score (nSPS) is 10.7. The van der Waals surface area contributed by atoms with Crippen molar-refractivity contribution in [3.63, 3.8) is 0 Å². The average Bonchev–Trinajstić information content (AvgIpc) is 2.89. The van der Waals surface area contributed by atoms with E-state index in [0.717, 1.165) is 18.2 Å². The Bertz CT molecular complexity index is 1410. The van der Waals surface area contributed by atoms with Crippen molar-refractivity contribution in [3.05, 3.63) is 92.0 Å². The summed E-state index contributed by atoms with van der Waals surface area (Å²) in [4.78, 5) is 33.5. The third kappa shape index (κ3) is 6.58. The van der Waals surface area contributed by atoms with Gasteiger partial charge in [-0.15, -0.1) is 0 Å². The third-order valence-corrected chi connectivity index (χ3v) is 4.86. The molecule has 0 spiro atoms. The van der Waals surface area contributed by atoms with Crippen molar-refractivity contribution in [2.24, 2.45) is 0 Å². The Labute approximate surface area is 210 Å². The highest BCUT2D eigenvalue weighted by molar-refractivity contribution is 6.09. The van der Waals surface area contributed by atoms with Gasteiger partial charge in [-0.2, -0.15) is 5.26 Å². The zero-order valence-corrected chi connectivity index (χ0v) is 19.7. The Morgan fingerprint density at radius 1 is 1.00 bits per heavy atom. The monoisotopic (exact) mass is 504 g/mol. The maximum Gasteiger partial charge on any atom is 0.318 e. The van der Waals surface area contributed by atoms with Crippen molar-refractivity contribution >= 4 is 29.0 Å². The molecule has 0 heterocycles. The van der Waals surface area contributed by atoms with Crippen LogP contribution in [0.15, 0.2) is 66.2 Å². The van der Waals surface area contributed by atoms with Crippen LogP contribution in [0.25, 0.3) is 6.08 Å². The zero-order chi connectivity index (χ0) is 26.9. The quantitative estimate of drug-likeness (QED) is 0.168. The van der Waals surface area contributed by atoms with Crippen molar-refractivity contribution in [1.29, 1.82) is 5.26 Å². The fraction of sp³-hybridized carbons (Fsp3) is 0.120. The molecule has 3 aromatic carbocycles. The average molecular weight is 504 g/mol. The summed E-state index contributed by atoms with van der Waals surface area (Å²) in [5.74, 6) is 0.0247. The van der Waals surface area contributed by atoms with Gasteiger partial charge in [0.05, 0.1) is 29.6 Å². The molecule has 1 amide bonds. The van der Waals surface area contributed by atoms with Gasteiger partial charge in [0, 0.05) is 11.8 Å². The van der Waals surface area contributed by atoms with Gasteiger partial charge in [0.15, 0.2) is 11.5 Å². The first-order valence-corrected chi connectivity index (χ1v) is 10.7. The molecule has 0 fully saturated rings. The molecule has 1 N–H and O–H groups in total. The van der Waals surface area contributed by atoms with Crippen LogP contribution in [0.2, 0.25) is 0 Å². The molecule has 0 atom stereocenters. The molecule has 37 heavy (non-hydrogen) atoms. The molecule has 0 aliphatic carbocycles.